The first-order chi connectivity index (χ1) is 5.59. The fourth-order valence-corrected chi connectivity index (χ4v) is 2.52. The quantitative estimate of drug-likeness (QED) is 0.596. The second-order valence-electron chi connectivity index (χ2n) is 5.36. The molecule has 1 fully saturated rings. The van der Waals surface area contributed by atoms with E-state index in [0.29, 0.717) is 11.5 Å². The van der Waals surface area contributed by atoms with E-state index in [2.05, 4.69) is 32.0 Å². The van der Waals surface area contributed by atoms with Crippen LogP contribution in [0.4, 0.5) is 0 Å². The van der Waals surface area contributed by atoms with Crippen LogP contribution in [0.3, 0.4) is 0 Å². The van der Waals surface area contributed by atoms with Crippen LogP contribution >= 0.6 is 0 Å². The van der Waals surface area contributed by atoms with Gasteiger partial charge in [0.15, 0.2) is 0 Å². The fourth-order valence-electron chi connectivity index (χ4n) is 2.52. The summed E-state index contributed by atoms with van der Waals surface area (Å²) in [6, 6.07) is 0.664. The summed E-state index contributed by atoms with van der Waals surface area (Å²) in [4.78, 5) is 4.47. The van der Waals surface area contributed by atoms with Gasteiger partial charge < -0.3 is 0 Å². The first-order valence-corrected chi connectivity index (χ1v) is 5.10. The van der Waals surface area contributed by atoms with E-state index in [-0.39, 0.29) is 0 Å². The number of nitrogens with zero attached hydrogens (tertiary/aromatic N) is 1. The Kier molecular flexibility index (Phi) is 1.78. The van der Waals surface area contributed by atoms with Crippen LogP contribution in [-0.4, -0.2) is 12.3 Å². The van der Waals surface area contributed by atoms with Gasteiger partial charge in [-0.2, -0.15) is 0 Å². The predicted octanol–water partition coefficient (Wildman–Crippen LogP) is 2.90. The molecule has 0 aromatic heterocycles. The fraction of sp³-hybridized carbons (Fsp3) is 0.909. The molecule has 12 heavy (non-hydrogen) atoms. The normalized spacial score (nSPS) is 31.4. The lowest BCUT2D eigenvalue weighted by Crippen LogP contribution is -2.36. The van der Waals surface area contributed by atoms with Crippen LogP contribution in [-0.2, 0) is 0 Å². The van der Waals surface area contributed by atoms with E-state index >= 15 is 0 Å². The van der Waals surface area contributed by atoms with Crippen molar-refractivity contribution in [1.29, 1.82) is 0 Å². The van der Waals surface area contributed by atoms with Crippen LogP contribution in [0.25, 0.3) is 0 Å². The summed E-state index contributed by atoms with van der Waals surface area (Å²) in [7, 11) is 0. The van der Waals surface area contributed by atoms with Crippen molar-refractivity contribution in [2.75, 3.05) is 0 Å². The van der Waals surface area contributed by atoms with Gasteiger partial charge in [-0.1, -0.05) is 20.8 Å². The van der Waals surface area contributed by atoms with Crippen molar-refractivity contribution in [2.45, 2.75) is 46.1 Å². The molecule has 1 saturated carbocycles. The highest BCUT2D eigenvalue weighted by Gasteiger charge is 2.44. The molecule has 0 saturated heterocycles. The van der Waals surface area contributed by atoms with Crippen molar-refractivity contribution in [2.24, 2.45) is 22.2 Å². The Labute approximate surface area is 75.3 Å². The van der Waals surface area contributed by atoms with Crippen molar-refractivity contribution >= 4 is 6.21 Å². The maximum atomic E-state index is 4.47. The molecule has 68 valence electrons. The number of aliphatic imine (C=N–C) groups is 1. The van der Waals surface area contributed by atoms with Gasteiger partial charge in [-0.25, -0.2) is 0 Å². The van der Waals surface area contributed by atoms with E-state index in [1.807, 2.05) is 0 Å². The molecule has 0 radical (unpaired) electrons. The third kappa shape index (κ3) is 1.41. The van der Waals surface area contributed by atoms with Gasteiger partial charge in [-0.15, -0.1) is 0 Å². The molecule has 0 amide bonds. The molecule has 0 spiro atoms. The third-order valence-corrected chi connectivity index (χ3v) is 3.19. The van der Waals surface area contributed by atoms with Crippen LogP contribution in [0.5, 0.6) is 0 Å². The predicted molar refractivity (Wildman–Crippen MR) is 52.6 cm³/mol. The third-order valence-electron chi connectivity index (χ3n) is 3.19. The number of rotatable bonds is 2. The Balaban J connectivity index is 2.06. The van der Waals surface area contributed by atoms with Crippen molar-refractivity contribution in [3.05, 3.63) is 0 Å². The summed E-state index contributed by atoms with van der Waals surface area (Å²) < 4.78 is 0. The second kappa shape index (κ2) is 2.58. The lowest BCUT2D eigenvalue weighted by molar-refractivity contribution is 0.171. The molecule has 2 rings (SSSR count). The summed E-state index contributed by atoms with van der Waals surface area (Å²) in [5.41, 5.74) is 0.462. The Bertz CT molecular complexity index is 196. The summed E-state index contributed by atoms with van der Waals surface area (Å²) in [6.45, 7) is 7.09. The molecule has 1 heterocycles. The van der Waals surface area contributed by atoms with E-state index in [0.717, 1.165) is 11.8 Å². The van der Waals surface area contributed by atoms with Gasteiger partial charge in [0.25, 0.3) is 0 Å². The van der Waals surface area contributed by atoms with Gasteiger partial charge in [-0.3, -0.25) is 4.99 Å². The van der Waals surface area contributed by atoms with Gasteiger partial charge in [0.2, 0.25) is 0 Å². The maximum Gasteiger partial charge on any atom is 0.0580 e. The largest absolute Gasteiger partial charge is 0.293 e. The van der Waals surface area contributed by atoms with Crippen molar-refractivity contribution in [1.82, 2.24) is 0 Å². The number of hydrogen-bond acceptors (Lipinski definition) is 1. The van der Waals surface area contributed by atoms with E-state index in [1.165, 1.54) is 19.3 Å². The van der Waals surface area contributed by atoms with Gasteiger partial charge >= 0.3 is 0 Å². The van der Waals surface area contributed by atoms with Crippen molar-refractivity contribution in [3.8, 4) is 0 Å². The Hall–Kier alpha value is -0.330. The Morgan fingerprint density at radius 3 is 2.17 bits per heavy atom. The molecule has 1 nitrogen and oxygen atoms in total. The van der Waals surface area contributed by atoms with Crippen molar-refractivity contribution < 1.29 is 0 Å². The molecular formula is C11H19N. The minimum atomic E-state index is 0.462. The molecule has 1 unspecified atom stereocenters. The molecule has 1 aliphatic heterocycles. The van der Waals surface area contributed by atoms with Crippen LogP contribution < -0.4 is 0 Å². The second-order valence-corrected chi connectivity index (χ2v) is 5.36. The van der Waals surface area contributed by atoms with E-state index in [4.69, 9.17) is 0 Å². The zero-order chi connectivity index (χ0) is 8.77. The zero-order valence-corrected chi connectivity index (χ0v) is 8.38. The lowest BCUT2D eigenvalue weighted by Gasteiger charge is -2.37. The van der Waals surface area contributed by atoms with Gasteiger partial charge in [-0.05, 0) is 30.1 Å². The van der Waals surface area contributed by atoms with Crippen molar-refractivity contribution in [3.63, 3.8) is 0 Å². The molecule has 0 bridgehead atoms. The Morgan fingerprint density at radius 1 is 1.33 bits per heavy atom. The summed E-state index contributed by atoms with van der Waals surface area (Å²) in [5, 5.41) is 0. The van der Waals surface area contributed by atoms with Crippen LogP contribution in [0, 0.1) is 17.3 Å². The monoisotopic (exact) mass is 165 g/mol. The highest BCUT2D eigenvalue weighted by atomic mass is 14.9. The molecule has 2 atom stereocenters. The van der Waals surface area contributed by atoms with E-state index in [1.54, 1.807) is 0 Å². The molecule has 0 aromatic carbocycles. The first-order valence-electron chi connectivity index (χ1n) is 5.10. The summed E-state index contributed by atoms with van der Waals surface area (Å²) >= 11 is 0. The smallest absolute Gasteiger partial charge is 0.0580 e. The highest BCUT2D eigenvalue weighted by molar-refractivity contribution is 5.64. The minimum absolute atomic E-state index is 0.462. The van der Waals surface area contributed by atoms with Crippen LogP contribution in [0.2, 0.25) is 0 Å². The average Bonchev–Trinajstić information content (AvgIpc) is 2.55. The first kappa shape index (κ1) is 8.28. The molecule has 0 aromatic rings. The topological polar surface area (TPSA) is 12.4 Å². The standard InChI is InChI=1S/C11H19N/c1-11(2,3)10(8-4-5-8)9-6-7-12-9/h7-10H,4-6H2,1-3H3/t9-,10?/m0/s1. The molecule has 0 N–H and O–H groups in total. The molecule has 1 aliphatic carbocycles. The molecule has 1 heteroatoms. The molecular weight excluding hydrogens is 146 g/mol. The number of hydrogen-bond donors (Lipinski definition) is 0. The maximum absolute atomic E-state index is 4.47. The summed E-state index contributed by atoms with van der Waals surface area (Å²) in [5.74, 6) is 1.84. The van der Waals surface area contributed by atoms with E-state index in [9.17, 15) is 0 Å². The van der Waals surface area contributed by atoms with Gasteiger partial charge in [0.05, 0.1) is 6.04 Å². The molecule has 2 aliphatic rings. The highest BCUT2D eigenvalue weighted by Crippen LogP contribution is 2.49. The van der Waals surface area contributed by atoms with Crippen LogP contribution in [0.15, 0.2) is 4.99 Å². The SMILES string of the molecule is CC(C)(C)C(C1CC1)[C@@H]1CC=N1. The Morgan fingerprint density at radius 2 is 1.92 bits per heavy atom. The van der Waals surface area contributed by atoms with Gasteiger partial charge in [0.1, 0.15) is 0 Å². The average molecular weight is 165 g/mol. The van der Waals surface area contributed by atoms with E-state index < -0.39 is 0 Å². The van der Waals surface area contributed by atoms with Gasteiger partial charge in [0, 0.05) is 12.6 Å². The summed E-state index contributed by atoms with van der Waals surface area (Å²) in [6.07, 6.45) is 6.21. The minimum Gasteiger partial charge on any atom is -0.293 e. The van der Waals surface area contributed by atoms with Crippen LogP contribution in [0.1, 0.15) is 40.0 Å². The lowest BCUT2D eigenvalue weighted by atomic mass is 9.71. The zero-order valence-electron chi connectivity index (χ0n) is 8.38.